The Morgan fingerprint density at radius 3 is 2.39 bits per heavy atom. The number of methoxy groups -OCH3 is 1. The van der Waals surface area contributed by atoms with Gasteiger partial charge in [0.05, 0.1) is 13.2 Å². The highest BCUT2D eigenvalue weighted by Crippen LogP contribution is 2.27. The normalized spacial score (nSPS) is 14.1. The van der Waals surface area contributed by atoms with Crippen LogP contribution in [0.4, 0.5) is 5.82 Å². The number of esters is 1. The van der Waals surface area contributed by atoms with E-state index in [1.165, 1.54) is 11.6 Å². The maximum atomic E-state index is 12.5. The van der Waals surface area contributed by atoms with E-state index < -0.39 is 0 Å². The van der Waals surface area contributed by atoms with Crippen molar-refractivity contribution in [2.45, 2.75) is 33.1 Å². The Bertz CT molecular complexity index is 1160. The first-order valence-electron chi connectivity index (χ1n) is 12.1. The number of carbonyl (C=O) groups excluding carboxylic acids is 1. The van der Waals surface area contributed by atoms with Gasteiger partial charge in [-0.25, -0.2) is 9.78 Å². The highest BCUT2D eigenvalue weighted by Gasteiger charge is 2.23. The molecule has 4 rings (SSSR count). The van der Waals surface area contributed by atoms with Gasteiger partial charge in [-0.1, -0.05) is 24.3 Å². The summed E-state index contributed by atoms with van der Waals surface area (Å²) in [5, 5.41) is 9.77. The maximum Gasteiger partial charge on any atom is 0.342 e. The molecule has 2 heterocycles. The van der Waals surface area contributed by atoms with Crippen molar-refractivity contribution >= 4 is 11.8 Å². The van der Waals surface area contributed by atoms with Crippen molar-refractivity contribution in [2.24, 2.45) is 0 Å². The number of aromatic nitrogens is 1. The molecule has 0 atom stereocenters. The van der Waals surface area contributed by atoms with Crippen molar-refractivity contribution in [2.75, 3.05) is 38.2 Å². The zero-order chi connectivity index (χ0) is 25.5. The summed E-state index contributed by atoms with van der Waals surface area (Å²) < 4.78 is 16.4. The first-order chi connectivity index (χ1) is 17.4. The number of hydrogen-bond acceptors (Lipinski definition) is 8. The third kappa shape index (κ3) is 6.66. The molecule has 0 unspecified atom stereocenters. The van der Waals surface area contributed by atoms with Crippen molar-refractivity contribution in [3.05, 3.63) is 77.5 Å². The Balaban J connectivity index is 1.29. The summed E-state index contributed by atoms with van der Waals surface area (Å²) >= 11 is 0. The molecule has 8 heteroatoms. The van der Waals surface area contributed by atoms with Crippen molar-refractivity contribution in [3.63, 3.8) is 0 Å². The molecule has 0 saturated carbocycles. The van der Waals surface area contributed by atoms with Crippen LogP contribution in [0, 0.1) is 0 Å². The van der Waals surface area contributed by atoms with Gasteiger partial charge in [0.2, 0.25) is 0 Å². The number of ether oxygens (including phenoxy) is 3. The lowest BCUT2D eigenvalue weighted by Gasteiger charge is -2.36. The molecular formula is C28H33N3O5. The van der Waals surface area contributed by atoms with Crippen LogP contribution >= 0.6 is 0 Å². The summed E-state index contributed by atoms with van der Waals surface area (Å²) in [6, 6.07) is 16.8. The van der Waals surface area contributed by atoms with Crippen LogP contribution in [0.5, 0.6) is 17.2 Å². The molecule has 3 aromatic rings. The van der Waals surface area contributed by atoms with Gasteiger partial charge in [-0.05, 0) is 37.1 Å². The van der Waals surface area contributed by atoms with Gasteiger partial charge in [0, 0.05) is 57.1 Å². The second-order valence-corrected chi connectivity index (χ2v) is 9.06. The number of carbonyl (C=O) groups is 1. The number of phenols is 1. The fourth-order valence-corrected chi connectivity index (χ4v) is 4.13. The van der Waals surface area contributed by atoms with Crippen molar-refractivity contribution in [1.82, 2.24) is 9.88 Å². The lowest BCUT2D eigenvalue weighted by molar-refractivity contribution is 0.0378. The number of anilines is 1. The first kappa shape index (κ1) is 25.3. The minimum Gasteiger partial charge on any atom is -0.508 e. The molecule has 1 aromatic heterocycles. The van der Waals surface area contributed by atoms with Crippen LogP contribution < -0.4 is 14.4 Å². The van der Waals surface area contributed by atoms with E-state index in [0.29, 0.717) is 29.5 Å². The number of phenolic OH excluding ortho intramolecular Hbond substituents is 1. The molecule has 0 bridgehead atoms. The van der Waals surface area contributed by atoms with Crippen molar-refractivity contribution in [3.8, 4) is 17.2 Å². The van der Waals surface area contributed by atoms with Gasteiger partial charge in [-0.15, -0.1) is 0 Å². The smallest absolute Gasteiger partial charge is 0.342 e. The third-order valence-electron chi connectivity index (χ3n) is 5.96. The number of benzene rings is 2. The number of piperazine rings is 1. The molecule has 1 saturated heterocycles. The SMILES string of the molecule is COc1cc(O)cc(OCc2ccc(CN3CCN(c4ncccc4C(=O)OC(C)C)CC3)cc2)c1. The van der Waals surface area contributed by atoms with Crippen LogP contribution in [-0.2, 0) is 17.9 Å². The van der Waals surface area contributed by atoms with Crippen LogP contribution in [-0.4, -0.2) is 60.4 Å². The molecule has 36 heavy (non-hydrogen) atoms. The summed E-state index contributed by atoms with van der Waals surface area (Å²) in [5.41, 5.74) is 2.79. The van der Waals surface area contributed by atoms with E-state index in [0.717, 1.165) is 38.3 Å². The van der Waals surface area contributed by atoms with Crippen LogP contribution in [0.15, 0.2) is 60.8 Å². The molecule has 0 amide bonds. The fourth-order valence-electron chi connectivity index (χ4n) is 4.13. The quantitative estimate of drug-likeness (QED) is 0.445. The van der Waals surface area contributed by atoms with E-state index in [4.69, 9.17) is 14.2 Å². The maximum absolute atomic E-state index is 12.5. The summed E-state index contributed by atoms with van der Waals surface area (Å²) in [6.45, 7) is 8.27. The summed E-state index contributed by atoms with van der Waals surface area (Å²) in [6.07, 6.45) is 1.55. The second kappa shape index (κ2) is 11.8. The second-order valence-electron chi connectivity index (χ2n) is 9.06. The number of rotatable bonds is 9. The monoisotopic (exact) mass is 491 g/mol. The Kier molecular flexibility index (Phi) is 8.28. The number of nitrogens with zero attached hydrogens (tertiary/aromatic N) is 3. The summed E-state index contributed by atoms with van der Waals surface area (Å²) in [4.78, 5) is 21.5. The first-order valence-corrected chi connectivity index (χ1v) is 12.1. The van der Waals surface area contributed by atoms with Crippen LogP contribution in [0.1, 0.15) is 35.3 Å². The Hall–Kier alpha value is -3.78. The number of pyridine rings is 1. The van der Waals surface area contributed by atoms with E-state index in [-0.39, 0.29) is 17.8 Å². The molecule has 0 radical (unpaired) electrons. The zero-order valence-corrected chi connectivity index (χ0v) is 21.0. The van der Waals surface area contributed by atoms with Gasteiger partial charge in [0.15, 0.2) is 0 Å². The van der Waals surface area contributed by atoms with Crippen molar-refractivity contribution < 1.29 is 24.1 Å². The van der Waals surface area contributed by atoms with Gasteiger partial charge in [0.1, 0.15) is 35.2 Å². The molecule has 1 aliphatic rings. The molecule has 190 valence electrons. The van der Waals surface area contributed by atoms with Gasteiger partial charge in [-0.2, -0.15) is 0 Å². The van der Waals surface area contributed by atoms with Gasteiger partial charge < -0.3 is 24.2 Å². The summed E-state index contributed by atoms with van der Waals surface area (Å²) in [7, 11) is 1.55. The molecule has 1 fully saturated rings. The average Bonchev–Trinajstić information content (AvgIpc) is 2.88. The van der Waals surface area contributed by atoms with Gasteiger partial charge in [-0.3, -0.25) is 4.90 Å². The molecule has 2 aromatic carbocycles. The van der Waals surface area contributed by atoms with Gasteiger partial charge >= 0.3 is 5.97 Å². The van der Waals surface area contributed by atoms with Crippen LogP contribution in [0.2, 0.25) is 0 Å². The van der Waals surface area contributed by atoms with E-state index in [1.807, 2.05) is 13.8 Å². The molecule has 0 aliphatic carbocycles. The lowest BCUT2D eigenvalue weighted by atomic mass is 10.1. The van der Waals surface area contributed by atoms with E-state index in [9.17, 15) is 9.90 Å². The third-order valence-corrected chi connectivity index (χ3v) is 5.96. The topological polar surface area (TPSA) is 84.4 Å². The Labute approximate surface area is 212 Å². The number of hydrogen-bond donors (Lipinski definition) is 1. The van der Waals surface area contributed by atoms with E-state index >= 15 is 0 Å². The van der Waals surface area contributed by atoms with Gasteiger partial charge in [0.25, 0.3) is 0 Å². The molecule has 1 aliphatic heterocycles. The molecular weight excluding hydrogens is 458 g/mol. The Morgan fingerprint density at radius 2 is 1.69 bits per heavy atom. The minimum absolute atomic E-state index is 0.106. The minimum atomic E-state index is -0.331. The summed E-state index contributed by atoms with van der Waals surface area (Å²) in [5.74, 6) is 1.58. The highest BCUT2D eigenvalue weighted by molar-refractivity contribution is 5.94. The lowest BCUT2D eigenvalue weighted by Crippen LogP contribution is -2.46. The number of aromatic hydroxyl groups is 1. The predicted molar refractivity (Wildman–Crippen MR) is 138 cm³/mol. The van der Waals surface area contributed by atoms with E-state index in [2.05, 4.69) is 39.0 Å². The zero-order valence-electron chi connectivity index (χ0n) is 21.0. The Morgan fingerprint density at radius 1 is 1.00 bits per heavy atom. The average molecular weight is 492 g/mol. The highest BCUT2D eigenvalue weighted by atomic mass is 16.5. The van der Waals surface area contributed by atoms with Crippen molar-refractivity contribution in [1.29, 1.82) is 0 Å². The molecule has 0 spiro atoms. The molecule has 8 nitrogen and oxygen atoms in total. The van der Waals surface area contributed by atoms with Crippen LogP contribution in [0.25, 0.3) is 0 Å². The predicted octanol–water partition coefficient (Wildman–Crippen LogP) is 4.26. The fraction of sp³-hybridized carbons (Fsp3) is 0.357. The molecule has 1 N–H and O–H groups in total. The standard InChI is InChI=1S/C28H33N3O5/c1-20(2)36-28(33)26-5-4-10-29-27(26)31-13-11-30(12-14-31)18-21-6-8-22(9-7-21)19-35-25-16-23(32)15-24(17-25)34-3/h4-10,15-17,20,32H,11-14,18-19H2,1-3H3. The van der Waals surface area contributed by atoms with E-state index in [1.54, 1.807) is 37.6 Å². The van der Waals surface area contributed by atoms with Crippen LogP contribution in [0.3, 0.4) is 0 Å². The largest absolute Gasteiger partial charge is 0.508 e.